The van der Waals surface area contributed by atoms with Crippen molar-refractivity contribution in [3.05, 3.63) is 36.4 Å². The van der Waals surface area contributed by atoms with Gasteiger partial charge in [-0.1, -0.05) is 0 Å². The number of imidazole rings is 1. The predicted molar refractivity (Wildman–Crippen MR) is 99.0 cm³/mol. The van der Waals surface area contributed by atoms with Crippen molar-refractivity contribution in [1.82, 2.24) is 29.1 Å². The molecule has 4 rings (SSSR count). The zero-order chi connectivity index (χ0) is 18.3. The van der Waals surface area contributed by atoms with Gasteiger partial charge in [-0.2, -0.15) is 0 Å². The average molecular weight is 353 g/mol. The molecule has 1 N–H and O–H groups in total. The second kappa shape index (κ2) is 6.36. The Kier molecular flexibility index (Phi) is 4.02. The molecule has 4 aromatic heterocycles. The van der Waals surface area contributed by atoms with E-state index >= 15 is 0 Å². The average Bonchev–Trinajstić information content (AvgIpc) is 3.15. The number of fused-ring (bicyclic) bond motifs is 2. The standard InChI is InChI=1S/C18H20FN7/c1-11(2)21-18-20-10-16-13(6-8-26(16)24-18)14-4-5-15-17(23-14)25(9-7-19)12(3)22-15/h4-6,8,10-11H,7,9H2,1-3H3,(H,21,24). The molecule has 0 aliphatic heterocycles. The molecular formula is C18H20FN7. The van der Waals surface area contributed by atoms with Crippen LogP contribution in [-0.2, 0) is 6.54 Å². The summed E-state index contributed by atoms with van der Waals surface area (Å²) in [6, 6.07) is 6.05. The summed E-state index contributed by atoms with van der Waals surface area (Å²) in [6.07, 6.45) is 3.66. The molecule has 26 heavy (non-hydrogen) atoms. The molecule has 8 heteroatoms. The smallest absolute Gasteiger partial charge is 0.241 e. The fourth-order valence-corrected chi connectivity index (χ4v) is 3.06. The number of pyridine rings is 1. The predicted octanol–water partition coefficient (Wildman–Crippen LogP) is 3.24. The van der Waals surface area contributed by atoms with Crippen molar-refractivity contribution >= 4 is 22.6 Å². The van der Waals surface area contributed by atoms with Crippen molar-refractivity contribution in [1.29, 1.82) is 0 Å². The highest BCUT2D eigenvalue weighted by molar-refractivity contribution is 5.82. The summed E-state index contributed by atoms with van der Waals surface area (Å²) in [5.74, 6) is 1.34. The van der Waals surface area contributed by atoms with E-state index in [1.807, 2.05) is 45.2 Å². The third-order valence-corrected chi connectivity index (χ3v) is 4.20. The summed E-state index contributed by atoms with van der Waals surface area (Å²) < 4.78 is 16.5. The Balaban J connectivity index is 1.80. The minimum atomic E-state index is -0.452. The maximum Gasteiger partial charge on any atom is 0.241 e. The maximum absolute atomic E-state index is 12.9. The molecule has 4 heterocycles. The van der Waals surface area contributed by atoms with Gasteiger partial charge in [-0.15, -0.1) is 5.10 Å². The van der Waals surface area contributed by atoms with Crippen molar-refractivity contribution in [2.24, 2.45) is 0 Å². The number of aryl methyl sites for hydroxylation is 2. The first-order chi connectivity index (χ1) is 12.6. The fourth-order valence-electron chi connectivity index (χ4n) is 3.06. The van der Waals surface area contributed by atoms with E-state index in [9.17, 15) is 4.39 Å². The van der Waals surface area contributed by atoms with Gasteiger partial charge in [0.25, 0.3) is 0 Å². The van der Waals surface area contributed by atoms with E-state index in [0.717, 1.165) is 28.1 Å². The fraction of sp³-hybridized carbons (Fsp3) is 0.333. The van der Waals surface area contributed by atoms with Crippen LogP contribution >= 0.6 is 0 Å². The maximum atomic E-state index is 12.9. The van der Waals surface area contributed by atoms with Gasteiger partial charge in [0.1, 0.15) is 18.0 Å². The minimum absolute atomic E-state index is 0.253. The van der Waals surface area contributed by atoms with Crippen molar-refractivity contribution in [2.45, 2.75) is 33.4 Å². The third kappa shape index (κ3) is 2.77. The molecule has 0 unspecified atom stereocenters. The van der Waals surface area contributed by atoms with Crippen molar-refractivity contribution in [3.63, 3.8) is 0 Å². The highest BCUT2D eigenvalue weighted by Gasteiger charge is 2.13. The highest BCUT2D eigenvalue weighted by atomic mass is 19.1. The lowest BCUT2D eigenvalue weighted by Crippen LogP contribution is -2.13. The number of halogens is 1. The van der Waals surface area contributed by atoms with Crippen LogP contribution in [0.1, 0.15) is 19.7 Å². The van der Waals surface area contributed by atoms with Crippen LogP contribution in [0.25, 0.3) is 27.9 Å². The van der Waals surface area contributed by atoms with Crippen molar-refractivity contribution < 1.29 is 4.39 Å². The first kappa shape index (κ1) is 16.4. The van der Waals surface area contributed by atoms with E-state index in [1.165, 1.54) is 0 Å². The Morgan fingerprint density at radius 3 is 2.81 bits per heavy atom. The molecule has 0 bridgehead atoms. The van der Waals surface area contributed by atoms with Gasteiger partial charge in [-0.3, -0.25) is 0 Å². The second-order valence-corrected chi connectivity index (χ2v) is 6.48. The summed E-state index contributed by atoms with van der Waals surface area (Å²) in [5.41, 5.74) is 4.03. The van der Waals surface area contributed by atoms with E-state index in [4.69, 9.17) is 4.98 Å². The Morgan fingerprint density at radius 1 is 1.19 bits per heavy atom. The van der Waals surface area contributed by atoms with Gasteiger partial charge >= 0.3 is 0 Å². The summed E-state index contributed by atoms with van der Waals surface area (Å²) in [6.45, 7) is 5.74. The van der Waals surface area contributed by atoms with E-state index in [0.29, 0.717) is 11.6 Å². The summed E-state index contributed by atoms with van der Waals surface area (Å²) >= 11 is 0. The van der Waals surface area contributed by atoms with Crippen LogP contribution in [0, 0.1) is 6.92 Å². The monoisotopic (exact) mass is 353 g/mol. The van der Waals surface area contributed by atoms with Gasteiger partial charge < -0.3 is 9.88 Å². The van der Waals surface area contributed by atoms with Gasteiger partial charge in [0, 0.05) is 17.8 Å². The quantitative estimate of drug-likeness (QED) is 0.596. The SMILES string of the molecule is Cc1nc2ccc(-c3ccn4nc(NC(C)C)ncc34)nc2n1CCF. The van der Waals surface area contributed by atoms with Crippen LogP contribution in [0.2, 0.25) is 0 Å². The van der Waals surface area contributed by atoms with Crippen LogP contribution in [0.3, 0.4) is 0 Å². The number of hydrogen-bond donors (Lipinski definition) is 1. The van der Waals surface area contributed by atoms with Gasteiger partial charge in [0.2, 0.25) is 5.95 Å². The summed E-state index contributed by atoms with van der Waals surface area (Å²) in [4.78, 5) is 13.6. The largest absolute Gasteiger partial charge is 0.351 e. The van der Waals surface area contributed by atoms with Crippen LogP contribution < -0.4 is 5.32 Å². The molecule has 7 nitrogen and oxygen atoms in total. The number of alkyl halides is 1. The Hall–Kier alpha value is -3.03. The molecule has 0 atom stereocenters. The molecule has 4 aromatic rings. The van der Waals surface area contributed by atoms with Gasteiger partial charge in [0.15, 0.2) is 5.65 Å². The molecule has 0 fully saturated rings. The Bertz CT molecular complexity index is 1080. The number of anilines is 1. The molecule has 0 radical (unpaired) electrons. The number of rotatable bonds is 5. The summed E-state index contributed by atoms with van der Waals surface area (Å²) in [5, 5.41) is 7.66. The number of nitrogens with zero attached hydrogens (tertiary/aromatic N) is 6. The normalized spacial score (nSPS) is 11.7. The topological polar surface area (TPSA) is 72.9 Å². The first-order valence-electron chi connectivity index (χ1n) is 8.58. The molecule has 0 aliphatic carbocycles. The van der Waals surface area contributed by atoms with E-state index in [1.54, 1.807) is 15.3 Å². The highest BCUT2D eigenvalue weighted by Crippen LogP contribution is 2.26. The van der Waals surface area contributed by atoms with E-state index in [2.05, 4.69) is 20.4 Å². The van der Waals surface area contributed by atoms with Crippen molar-refractivity contribution in [2.75, 3.05) is 12.0 Å². The number of nitrogens with one attached hydrogen (secondary N) is 1. The van der Waals surface area contributed by atoms with Crippen LogP contribution in [0.15, 0.2) is 30.6 Å². The van der Waals surface area contributed by atoms with Gasteiger partial charge in [-0.05, 0) is 39.0 Å². The lowest BCUT2D eigenvalue weighted by Gasteiger charge is -2.08. The zero-order valence-corrected chi connectivity index (χ0v) is 14.9. The lowest BCUT2D eigenvalue weighted by atomic mass is 10.2. The molecule has 0 aliphatic rings. The Labute approximate surface area is 149 Å². The van der Waals surface area contributed by atoms with Crippen molar-refractivity contribution in [3.8, 4) is 11.3 Å². The zero-order valence-electron chi connectivity index (χ0n) is 14.9. The first-order valence-corrected chi connectivity index (χ1v) is 8.58. The van der Waals surface area contributed by atoms with E-state index in [-0.39, 0.29) is 12.6 Å². The van der Waals surface area contributed by atoms with Crippen LogP contribution in [-0.4, -0.2) is 41.8 Å². The van der Waals surface area contributed by atoms with Crippen LogP contribution in [0.5, 0.6) is 0 Å². The minimum Gasteiger partial charge on any atom is -0.351 e. The van der Waals surface area contributed by atoms with E-state index < -0.39 is 6.67 Å². The molecule has 0 saturated heterocycles. The summed E-state index contributed by atoms with van der Waals surface area (Å²) in [7, 11) is 0. The lowest BCUT2D eigenvalue weighted by molar-refractivity contribution is 0.445. The Morgan fingerprint density at radius 2 is 2.04 bits per heavy atom. The van der Waals surface area contributed by atoms with Gasteiger partial charge in [0.05, 0.1) is 24.0 Å². The molecular weight excluding hydrogens is 333 g/mol. The molecule has 0 amide bonds. The molecule has 134 valence electrons. The number of aromatic nitrogens is 6. The molecule has 0 spiro atoms. The van der Waals surface area contributed by atoms with Gasteiger partial charge in [-0.25, -0.2) is 23.9 Å². The molecule has 0 aromatic carbocycles. The third-order valence-electron chi connectivity index (χ3n) is 4.20. The second-order valence-electron chi connectivity index (χ2n) is 6.48. The molecule has 0 saturated carbocycles. The van der Waals surface area contributed by atoms with Crippen LogP contribution in [0.4, 0.5) is 10.3 Å². The number of hydrogen-bond acceptors (Lipinski definition) is 5.